The van der Waals surface area contributed by atoms with E-state index in [0.29, 0.717) is 12.0 Å². The number of hydrogen-bond donors (Lipinski definition) is 1. The van der Waals surface area contributed by atoms with Crippen LogP contribution in [0.25, 0.3) is 0 Å². The van der Waals surface area contributed by atoms with Gasteiger partial charge in [-0.25, -0.2) is 0 Å². The highest BCUT2D eigenvalue weighted by molar-refractivity contribution is 5.78. The molecule has 0 spiro atoms. The lowest BCUT2D eigenvalue weighted by molar-refractivity contribution is -0.126. The molecule has 2 atom stereocenters. The van der Waals surface area contributed by atoms with E-state index < -0.39 is 0 Å². The Morgan fingerprint density at radius 2 is 1.75 bits per heavy atom. The zero-order valence-electron chi connectivity index (χ0n) is 8.85. The molecule has 12 heavy (non-hydrogen) atoms. The number of amides is 1. The molecule has 0 aliphatic rings. The van der Waals surface area contributed by atoms with Gasteiger partial charge in [0.25, 0.3) is 0 Å². The van der Waals surface area contributed by atoms with Crippen LogP contribution in [-0.2, 0) is 4.79 Å². The van der Waals surface area contributed by atoms with Crippen molar-refractivity contribution in [3.8, 4) is 0 Å². The highest BCUT2D eigenvalue weighted by Gasteiger charge is 2.17. The Kier molecular flexibility index (Phi) is 4.95. The summed E-state index contributed by atoms with van der Waals surface area (Å²) in [5.41, 5.74) is 0. The average molecular weight is 171 g/mol. The molecule has 0 saturated carbocycles. The molecule has 2 nitrogen and oxygen atoms in total. The van der Waals surface area contributed by atoms with Gasteiger partial charge < -0.3 is 5.32 Å². The molecule has 0 aromatic heterocycles. The Labute approximate surface area is 75.7 Å². The van der Waals surface area contributed by atoms with Gasteiger partial charge in [0.1, 0.15) is 0 Å². The van der Waals surface area contributed by atoms with Crippen LogP contribution in [0.3, 0.4) is 0 Å². The average Bonchev–Trinajstić information content (AvgIpc) is 2.02. The summed E-state index contributed by atoms with van der Waals surface area (Å²) in [6.45, 7) is 10.2. The van der Waals surface area contributed by atoms with E-state index in [0.717, 1.165) is 6.42 Å². The van der Waals surface area contributed by atoms with Crippen LogP contribution in [-0.4, -0.2) is 11.9 Å². The van der Waals surface area contributed by atoms with Crippen molar-refractivity contribution in [2.45, 2.75) is 47.1 Å². The van der Waals surface area contributed by atoms with Crippen LogP contribution in [0.4, 0.5) is 0 Å². The number of nitrogens with one attached hydrogen (secondary N) is 1. The molecule has 1 amide bonds. The Morgan fingerprint density at radius 3 is 2.08 bits per heavy atom. The molecule has 0 bridgehead atoms. The molecule has 0 aliphatic heterocycles. The van der Waals surface area contributed by atoms with Crippen molar-refractivity contribution in [3.63, 3.8) is 0 Å². The molecule has 0 rings (SSSR count). The predicted molar refractivity (Wildman–Crippen MR) is 51.9 cm³/mol. The summed E-state index contributed by atoms with van der Waals surface area (Å²) in [6.07, 6.45) is 0.997. The van der Waals surface area contributed by atoms with Crippen LogP contribution in [0.1, 0.15) is 41.0 Å². The Hall–Kier alpha value is -0.530. The quantitative estimate of drug-likeness (QED) is 0.690. The van der Waals surface area contributed by atoms with Crippen LogP contribution in [0.15, 0.2) is 0 Å². The number of carbonyl (C=O) groups is 1. The molecule has 72 valence electrons. The first kappa shape index (κ1) is 11.5. The van der Waals surface area contributed by atoms with Crippen LogP contribution < -0.4 is 5.32 Å². The first-order valence-electron chi connectivity index (χ1n) is 4.79. The Balaban J connectivity index is 3.87. The smallest absolute Gasteiger partial charge is 0.223 e. The maximum absolute atomic E-state index is 11.4. The molecule has 0 aliphatic carbocycles. The summed E-state index contributed by atoms with van der Waals surface area (Å²) in [5, 5.41) is 2.97. The number of hydrogen-bond acceptors (Lipinski definition) is 1. The third kappa shape index (κ3) is 3.74. The first-order valence-corrected chi connectivity index (χ1v) is 4.79. The normalized spacial score (nSPS) is 15.8. The van der Waals surface area contributed by atoms with Crippen molar-refractivity contribution in [3.05, 3.63) is 0 Å². The Bertz CT molecular complexity index is 143. The number of carbonyl (C=O) groups excluding carboxylic acids is 1. The summed E-state index contributed by atoms with van der Waals surface area (Å²) in [7, 11) is 0. The van der Waals surface area contributed by atoms with E-state index in [1.807, 2.05) is 13.8 Å². The SMILES string of the molecule is CCC(C)NC(=O)C(C)C(C)C. The van der Waals surface area contributed by atoms with Crippen LogP contribution in [0.2, 0.25) is 0 Å². The van der Waals surface area contributed by atoms with E-state index in [2.05, 4.69) is 26.1 Å². The summed E-state index contributed by atoms with van der Waals surface area (Å²) in [5.74, 6) is 0.729. The molecule has 0 heterocycles. The summed E-state index contributed by atoms with van der Waals surface area (Å²) in [4.78, 5) is 11.4. The van der Waals surface area contributed by atoms with Crippen molar-refractivity contribution in [1.82, 2.24) is 5.32 Å². The lowest BCUT2D eigenvalue weighted by Gasteiger charge is -2.18. The lowest BCUT2D eigenvalue weighted by atomic mass is 9.97. The van der Waals surface area contributed by atoms with Gasteiger partial charge in [-0.3, -0.25) is 4.79 Å². The van der Waals surface area contributed by atoms with Crippen molar-refractivity contribution in [2.75, 3.05) is 0 Å². The fraction of sp³-hybridized carbons (Fsp3) is 0.900. The molecule has 0 aromatic rings. The van der Waals surface area contributed by atoms with Gasteiger partial charge >= 0.3 is 0 Å². The fourth-order valence-corrected chi connectivity index (χ4v) is 0.779. The van der Waals surface area contributed by atoms with Gasteiger partial charge in [-0.1, -0.05) is 27.7 Å². The topological polar surface area (TPSA) is 29.1 Å². The predicted octanol–water partition coefficient (Wildman–Crippen LogP) is 2.19. The van der Waals surface area contributed by atoms with Gasteiger partial charge in [-0.05, 0) is 19.3 Å². The fourth-order valence-electron chi connectivity index (χ4n) is 0.779. The monoisotopic (exact) mass is 171 g/mol. The van der Waals surface area contributed by atoms with Crippen LogP contribution in [0.5, 0.6) is 0 Å². The van der Waals surface area contributed by atoms with Gasteiger partial charge in [-0.15, -0.1) is 0 Å². The molecule has 0 saturated heterocycles. The molecule has 2 heteroatoms. The second-order valence-electron chi connectivity index (χ2n) is 3.85. The minimum Gasteiger partial charge on any atom is -0.353 e. The van der Waals surface area contributed by atoms with Gasteiger partial charge in [0.2, 0.25) is 5.91 Å². The zero-order chi connectivity index (χ0) is 9.72. The van der Waals surface area contributed by atoms with Gasteiger partial charge in [0.15, 0.2) is 0 Å². The molecular weight excluding hydrogens is 150 g/mol. The molecule has 0 radical (unpaired) electrons. The van der Waals surface area contributed by atoms with Crippen molar-refractivity contribution >= 4 is 5.91 Å². The molecule has 0 fully saturated rings. The second-order valence-corrected chi connectivity index (χ2v) is 3.85. The summed E-state index contributed by atoms with van der Waals surface area (Å²) < 4.78 is 0. The van der Waals surface area contributed by atoms with E-state index >= 15 is 0 Å². The van der Waals surface area contributed by atoms with Crippen molar-refractivity contribution in [1.29, 1.82) is 0 Å². The summed E-state index contributed by atoms with van der Waals surface area (Å²) in [6, 6.07) is 0.304. The van der Waals surface area contributed by atoms with Crippen molar-refractivity contribution < 1.29 is 4.79 Å². The zero-order valence-corrected chi connectivity index (χ0v) is 8.85. The molecular formula is C10H21NO. The van der Waals surface area contributed by atoms with E-state index in [-0.39, 0.29) is 11.8 Å². The number of rotatable bonds is 4. The second kappa shape index (κ2) is 5.18. The van der Waals surface area contributed by atoms with Crippen LogP contribution in [0, 0.1) is 11.8 Å². The summed E-state index contributed by atoms with van der Waals surface area (Å²) >= 11 is 0. The third-order valence-electron chi connectivity index (χ3n) is 2.41. The van der Waals surface area contributed by atoms with E-state index in [1.54, 1.807) is 0 Å². The van der Waals surface area contributed by atoms with Crippen LogP contribution >= 0.6 is 0 Å². The molecule has 2 unspecified atom stereocenters. The Morgan fingerprint density at radius 1 is 1.25 bits per heavy atom. The third-order valence-corrected chi connectivity index (χ3v) is 2.41. The van der Waals surface area contributed by atoms with E-state index in [1.165, 1.54) is 0 Å². The van der Waals surface area contributed by atoms with Gasteiger partial charge in [0, 0.05) is 12.0 Å². The largest absolute Gasteiger partial charge is 0.353 e. The standard InChI is InChI=1S/C10H21NO/c1-6-8(4)11-10(12)9(5)7(2)3/h7-9H,6H2,1-5H3,(H,11,12). The highest BCUT2D eigenvalue weighted by atomic mass is 16.1. The maximum atomic E-state index is 11.4. The maximum Gasteiger partial charge on any atom is 0.223 e. The lowest BCUT2D eigenvalue weighted by Crippen LogP contribution is -2.37. The highest BCUT2D eigenvalue weighted by Crippen LogP contribution is 2.09. The van der Waals surface area contributed by atoms with E-state index in [4.69, 9.17) is 0 Å². The minimum absolute atomic E-state index is 0.124. The minimum atomic E-state index is 0.124. The van der Waals surface area contributed by atoms with E-state index in [9.17, 15) is 4.79 Å². The molecule has 0 aromatic carbocycles. The molecule has 1 N–H and O–H groups in total. The van der Waals surface area contributed by atoms with Gasteiger partial charge in [-0.2, -0.15) is 0 Å². The van der Waals surface area contributed by atoms with Crippen molar-refractivity contribution in [2.24, 2.45) is 11.8 Å². The first-order chi connectivity index (χ1) is 5.49. The van der Waals surface area contributed by atoms with Gasteiger partial charge in [0.05, 0.1) is 0 Å².